The third-order valence-electron chi connectivity index (χ3n) is 3.42. The number of hydrogen-bond donors (Lipinski definition) is 1. The van der Waals surface area contributed by atoms with Gasteiger partial charge in [-0.25, -0.2) is 4.39 Å². The van der Waals surface area contributed by atoms with Crippen molar-refractivity contribution >= 4 is 5.91 Å². The van der Waals surface area contributed by atoms with Crippen LogP contribution in [0.5, 0.6) is 0 Å². The molecule has 1 aromatic carbocycles. The van der Waals surface area contributed by atoms with E-state index < -0.39 is 0 Å². The number of ether oxygens (including phenoxy) is 2. The van der Waals surface area contributed by atoms with Crippen LogP contribution < -0.4 is 5.32 Å². The van der Waals surface area contributed by atoms with Gasteiger partial charge in [-0.2, -0.15) is 0 Å². The first-order chi connectivity index (χ1) is 9.60. The van der Waals surface area contributed by atoms with Crippen molar-refractivity contribution < 1.29 is 18.7 Å². The average molecular weight is 281 g/mol. The van der Waals surface area contributed by atoms with Gasteiger partial charge in [0.15, 0.2) is 0 Å². The van der Waals surface area contributed by atoms with Crippen LogP contribution in [0, 0.1) is 12.7 Å². The van der Waals surface area contributed by atoms with Crippen molar-refractivity contribution in [2.45, 2.75) is 32.4 Å². The second-order valence-electron chi connectivity index (χ2n) is 4.95. The second-order valence-corrected chi connectivity index (χ2v) is 4.95. The van der Waals surface area contributed by atoms with Crippen molar-refractivity contribution in [1.82, 2.24) is 5.32 Å². The van der Waals surface area contributed by atoms with Gasteiger partial charge in [0.05, 0.1) is 25.7 Å². The van der Waals surface area contributed by atoms with E-state index in [1.807, 2.05) is 13.8 Å². The van der Waals surface area contributed by atoms with Gasteiger partial charge in [-0.05, 0) is 37.1 Å². The SMILES string of the molecule is CCO[C@H]1COC[C@@H]1NC(=O)Cc1cc(F)ccc1C. The Hall–Kier alpha value is -1.46. The molecule has 0 saturated carbocycles. The van der Waals surface area contributed by atoms with Crippen LogP contribution in [0.25, 0.3) is 0 Å². The number of hydrogen-bond acceptors (Lipinski definition) is 3. The van der Waals surface area contributed by atoms with Crippen LogP contribution in [0.4, 0.5) is 4.39 Å². The highest BCUT2D eigenvalue weighted by molar-refractivity contribution is 5.79. The first-order valence-corrected chi connectivity index (χ1v) is 6.84. The van der Waals surface area contributed by atoms with Crippen LogP contribution in [0.2, 0.25) is 0 Å². The van der Waals surface area contributed by atoms with E-state index in [4.69, 9.17) is 9.47 Å². The maximum atomic E-state index is 13.2. The lowest BCUT2D eigenvalue weighted by atomic mass is 10.0. The number of halogens is 1. The van der Waals surface area contributed by atoms with E-state index in [1.54, 1.807) is 6.07 Å². The highest BCUT2D eigenvalue weighted by Crippen LogP contribution is 2.13. The third kappa shape index (κ3) is 3.77. The van der Waals surface area contributed by atoms with Gasteiger partial charge in [0.25, 0.3) is 0 Å². The lowest BCUT2D eigenvalue weighted by molar-refractivity contribution is -0.121. The normalized spacial score (nSPS) is 21.9. The molecule has 0 spiro atoms. The van der Waals surface area contributed by atoms with Gasteiger partial charge in [0, 0.05) is 6.61 Å². The molecule has 20 heavy (non-hydrogen) atoms. The molecule has 1 fully saturated rings. The van der Waals surface area contributed by atoms with Gasteiger partial charge in [0.2, 0.25) is 5.91 Å². The summed E-state index contributed by atoms with van der Waals surface area (Å²) in [4.78, 5) is 12.0. The van der Waals surface area contributed by atoms with Crippen LogP contribution in [-0.2, 0) is 20.7 Å². The summed E-state index contributed by atoms with van der Waals surface area (Å²) >= 11 is 0. The van der Waals surface area contributed by atoms with Crippen molar-refractivity contribution in [2.24, 2.45) is 0 Å². The van der Waals surface area contributed by atoms with Gasteiger partial charge >= 0.3 is 0 Å². The molecule has 1 aromatic rings. The van der Waals surface area contributed by atoms with E-state index in [-0.39, 0.29) is 30.3 Å². The van der Waals surface area contributed by atoms with Gasteiger partial charge in [-0.15, -0.1) is 0 Å². The maximum absolute atomic E-state index is 13.2. The topological polar surface area (TPSA) is 47.6 Å². The van der Waals surface area contributed by atoms with Gasteiger partial charge in [-0.3, -0.25) is 4.79 Å². The average Bonchev–Trinajstić information content (AvgIpc) is 2.82. The highest BCUT2D eigenvalue weighted by atomic mass is 19.1. The zero-order valence-corrected chi connectivity index (χ0v) is 11.8. The molecule has 0 unspecified atom stereocenters. The predicted molar refractivity (Wildman–Crippen MR) is 73.0 cm³/mol. The van der Waals surface area contributed by atoms with Crippen LogP contribution >= 0.6 is 0 Å². The standard InChI is InChI=1S/C15H20FNO3/c1-3-20-14-9-19-8-13(14)17-15(18)7-11-6-12(16)5-4-10(11)2/h4-6,13-14H,3,7-9H2,1-2H3,(H,17,18)/t13-,14-/m0/s1. The Kier molecular flexibility index (Phi) is 5.09. The molecule has 1 amide bonds. The number of amides is 1. The molecule has 4 nitrogen and oxygen atoms in total. The Morgan fingerprint density at radius 3 is 3.05 bits per heavy atom. The fraction of sp³-hybridized carbons (Fsp3) is 0.533. The summed E-state index contributed by atoms with van der Waals surface area (Å²) in [5, 5.41) is 2.90. The predicted octanol–water partition coefficient (Wildman–Crippen LogP) is 1.60. The summed E-state index contributed by atoms with van der Waals surface area (Å²) in [5.74, 6) is -0.464. The van der Waals surface area contributed by atoms with Crippen molar-refractivity contribution in [3.63, 3.8) is 0 Å². The van der Waals surface area contributed by atoms with Crippen molar-refractivity contribution in [1.29, 1.82) is 0 Å². The van der Waals surface area contributed by atoms with E-state index in [2.05, 4.69) is 5.32 Å². The minimum absolute atomic E-state index is 0.0995. The summed E-state index contributed by atoms with van der Waals surface area (Å²) in [6.45, 7) is 5.32. The molecule has 2 atom stereocenters. The number of benzene rings is 1. The maximum Gasteiger partial charge on any atom is 0.224 e. The number of aryl methyl sites for hydroxylation is 1. The Morgan fingerprint density at radius 2 is 2.30 bits per heavy atom. The molecule has 0 aliphatic carbocycles. The Morgan fingerprint density at radius 1 is 1.50 bits per heavy atom. The number of carbonyl (C=O) groups is 1. The molecule has 1 N–H and O–H groups in total. The first kappa shape index (κ1) is 14.9. The summed E-state index contributed by atoms with van der Waals surface area (Å²) < 4.78 is 24.0. The Balaban J connectivity index is 1.93. The molecule has 1 heterocycles. The molecule has 0 radical (unpaired) electrons. The van der Waals surface area contributed by atoms with Crippen molar-refractivity contribution in [3.05, 3.63) is 35.1 Å². The second kappa shape index (κ2) is 6.81. The Bertz CT molecular complexity index is 478. The zero-order valence-electron chi connectivity index (χ0n) is 11.8. The lowest BCUT2D eigenvalue weighted by Crippen LogP contribution is -2.44. The minimum Gasteiger partial charge on any atom is -0.376 e. The smallest absolute Gasteiger partial charge is 0.224 e. The summed E-state index contributed by atoms with van der Waals surface area (Å²) in [6, 6.07) is 4.35. The fourth-order valence-corrected chi connectivity index (χ4v) is 2.31. The van der Waals surface area contributed by atoms with E-state index in [9.17, 15) is 9.18 Å². The monoisotopic (exact) mass is 281 g/mol. The van der Waals surface area contributed by atoms with Gasteiger partial charge in [0.1, 0.15) is 11.9 Å². The fourth-order valence-electron chi connectivity index (χ4n) is 2.31. The lowest BCUT2D eigenvalue weighted by Gasteiger charge is -2.19. The largest absolute Gasteiger partial charge is 0.376 e. The van der Waals surface area contributed by atoms with Crippen LogP contribution in [-0.4, -0.2) is 37.9 Å². The summed E-state index contributed by atoms with van der Waals surface area (Å²) in [6.07, 6.45) is 0.0661. The molecule has 0 bridgehead atoms. The number of rotatable bonds is 5. The van der Waals surface area contributed by atoms with Crippen LogP contribution in [0.15, 0.2) is 18.2 Å². The number of carbonyl (C=O) groups excluding carboxylic acids is 1. The van der Waals surface area contributed by atoms with Crippen LogP contribution in [0.3, 0.4) is 0 Å². The summed E-state index contributed by atoms with van der Waals surface area (Å²) in [5.41, 5.74) is 1.61. The molecular weight excluding hydrogens is 261 g/mol. The third-order valence-corrected chi connectivity index (χ3v) is 3.42. The summed E-state index contributed by atoms with van der Waals surface area (Å²) in [7, 11) is 0. The van der Waals surface area contributed by atoms with Gasteiger partial charge in [-0.1, -0.05) is 6.07 Å². The van der Waals surface area contributed by atoms with E-state index in [0.29, 0.717) is 25.4 Å². The molecule has 5 heteroatoms. The van der Waals surface area contributed by atoms with E-state index in [1.165, 1.54) is 12.1 Å². The molecule has 0 aromatic heterocycles. The van der Waals surface area contributed by atoms with Crippen LogP contribution in [0.1, 0.15) is 18.1 Å². The molecule has 2 rings (SSSR count). The number of nitrogens with one attached hydrogen (secondary N) is 1. The van der Waals surface area contributed by atoms with Crippen molar-refractivity contribution in [3.8, 4) is 0 Å². The highest BCUT2D eigenvalue weighted by Gasteiger charge is 2.29. The quantitative estimate of drug-likeness (QED) is 0.891. The molecule has 1 saturated heterocycles. The zero-order chi connectivity index (χ0) is 14.5. The molecule has 1 aliphatic rings. The van der Waals surface area contributed by atoms with E-state index in [0.717, 1.165) is 5.56 Å². The van der Waals surface area contributed by atoms with E-state index >= 15 is 0 Å². The minimum atomic E-state index is -0.324. The first-order valence-electron chi connectivity index (χ1n) is 6.84. The van der Waals surface area contributed by atoms with Gasteiger partial charge < -0.3 is 14.8 Å². The Labute approximate surface area is 118 Å². The molecular formula is C15H20FNO3. The molecule has 110 valence electrons. The van der Waals surface area contributed by atoms with Crippen molar-refractivity contribution in [2.75, 3.05) is 19.8 Å². The molecule has 1 aliphatic heterocycles.